The number of nitrogens with two attached hydrogens (primary N) is 1. The highest BCUT2D eigenvalue weighted by molar-refractivity contribution is 5.99. The average molecular weight is 198 g/mol. The van der Waals surface area contributed by atoms with E-state index in [-0.39, 0.29) is 11.3 Å². The standard InChI is InChI=1S/C8H7FN2O3/c1-4(12)6-2-5(10)3-7(9)8(6)11(13)14/h2-3H,10H2,1H3. The molecule has 74 valence electrons. The van der Waals surface area contributed by atoms with Crippen LogP contribution < -0.4 is 5.73 Å². The van der Waals surface area contributed by atoms with E-state index < -0.39 is 22.2 Å². The molecule has 0 atom stereocenters. The van der Waals surface area contributed by atoms with E-state index in [2.05, 4.69) is 0 Å². The monoisotopic (exact) mass is 198 g/mol. The van der Waals surface area contributed by atoms with Crippen LogP contribution in [-0.2, 0) is 0 Å². The highest BCUT2D eigenvalue weighted by atomic mass is 19.1. The van der Waals surface area contributed by atoms with Gasteiger partial charge in [-0.25, -0.2) is 0 Å². The Hall–Kier alpha value is -1.98. The minimum Gasteiger partial charge on any atom is -0.399 e. The first kappa shape index (κ1) is 10.1. The molecule has 0 aliphatic rings. The van der Waals surface area contributed by atoms with Crippen LogP contribution in [0.3, 0.4) is 0 Å². The molecule has 14 heavy (non-hydrogen) atoms. The molecule has 0 spiro atoms. The third kappa shape index (κ3) is 1.68. The van der Waals surface area contributed by atoms with E-state index in [9.17, 15) is 19.3 Å². The Kier molecular flexibility index (Phi) is 2.46. The van der Waals surface area contributed by atoms with E-state index >= 15 is 0 Å². The SMILES string of the molecule is CC(=O)c1cc(N)cc(F)c1[N+](=O)[O-]. The first-order chi connectivity index (χ1) is 6.43. The molecule has 0 amide bonds. The number of Topliss-reactive ketones (excluding diaryl/α,β-unsaturated/α-hetero) is 1. The Morgan fingerprint density at radius 1 is 1.57 bits per heavy atom. The van der Waals surface area contributed by atoms with Crippen molar-refractivity contribution in [1.82, 2.24) is 0 Å². The van der Waals surface area contributed by atoms with Crippen molar-refractivity contribution in [1.29, 1.82) is 0 Å². The van der Waals surface area contributed by atoms with Crippen molar-refractivity contribution in [2.45, 2.75) is 6.92 Å². The number of anilines is 1. The molecule has 1 aromatic carbocycles. The normalized spacial score (nSPS) is 9.86. The third-order valence-electron chi connectivity index (χ3n) is 1.65. The smallest absolute Gasteiger partial charge is 0.315 e. The van der Waals surface area contributed by atoms with Gasteiger partial charge >= 0.3 is 5.69 Å². The molecule has 0 saturated carbocycles. The van der Waals surface area contributed by atoms with E-state index in [1.165, 1.54) is 0 Å². The summed E-state index contributed by atoms with van der Waals surface area (Å²) in [4.78, 5) is 20.4. The molecule has 0 radical (unpaired) electrons. The summed E-state index contributed by atoms with van der Waals surface area (Å²) in [5.41, 5.74) is 4.10. The maximum absolute atomic E-state index is 13.0. The molecule has 0 unspecified atom stereocenters. The molecule has 0 bridgehead atoms. The molecule has 0 heterocycles. The van der Waals surface area contributed by atoms with Crippen molar-refractivity contribution in [3.8, 4) is 0 Å². The van der Waals surface area contributed by atoms with Crippen molar-refractivity contribution < 1.29 is 14.1 Å². The maximum atomic E-state index is 13.0. The molecule has 0 aliphatic carbocycles. The molecular formula is C8H7FN2O3. The number of ketones is 1. The number of halogens is 1. The number of nitrogens with zero attached hydrogens (tertiary/aromatic N) is 1. The van der Waals surface area contributed by atoms with Crippen LogP contribution in [0, 0.1) is 15.9 Å². The van der Waals surface area contributed by atoms with Gasteiger partial charge in [0.2, 0.25) is 5.82 Å². The molecule has 0 saturated heterocycles. The lowest BCUT2D eigenvalue weighted by molar-refractivity contribution is -0.387. The first-order valence-corrected chi connectivity index (χ1v) is 3.68. The second kappa shape index (κ2) is 3.41. The summed E-state index contributed by atoms with van der Waals surface area (Å²) in [6.45, 7) is 1.11. The summed E-state index contributed by atoms with van der Waals surface area (Å²) in [5.74, 6) is -1.69. The predicted octanol–water partition coefficient (Wildman–Crippen LogP) is 1.52. The van der Waals surface area contributed by atoms with Crippen LogP contribution in [0.5, 0.6) is 0 Å². The molecule has 0 aliphatic heterocycles. The Labute approximate surface area is 78.5 Å². The van der Waals surface area contributed by atoms with Gasteiger partial charge in [0.1, 0.15) is 5.56 Å². The molecule has 0 aromatic heterocycles. The molecule has 5 nitrogen and oxygen atoms in total. The quantitative estimate of drug-likeness (QED) is 0.338. The Morgan fingerprint density at radius 3 is 2.57 bits per heavy atom. The minimum absolute atomic E-state index is 0.0155. The van der Waals surface area contributed by atoms with Gasteiger partial charge in [0.05, 0.1) is 4.92 Å². The second-order valence-electron chi connectivity index (χ2n) is 2.71. The predicted molar refractivity (Wildman–Crippen MR) is 47.5 cm³/mol. The zero-order valence-electron chi connectivity index (χ0n) is 7.28. The number of rotatable bonds is 2. The molecule has 1 aromatic rings. The number of nitro benzene ring substituents is 1. The van der Waals surface area contributed by atoms with Gasteiger partial charge < -0.3 is 5.73 Å². The summed E-state index contributed by atoms with van der Waals surface area (Å²) >= 11 is 0. The van der Waals surface area contributed by atoms with Gasteiger partial charge in [-0.1, -0.05) is 0 Å². The highest BCUT2D eigenvalue weighted by Crippen LogP contribution is 2.25. The topological polar surface area (TPSA) is 86.2 Å². The van der Waals surface area contributed by atoms with Crippen molar-refractivity contribution >= 4 is 17.2 Å². The van der Waals surface area contributed by atoms with E-state index in [0.717, 1.165) is 19.1 Å². The Bertz CT molecular complexity index is 417. The summed E-state index contributed by atoms with van der Waals surface area (Å²) < 4.78 is 13.0. The van der Waals surface area contributed by atoms with E-state index in [1.54, 1.807) is 0 Å². The summed E-state index contributed by atoms with van der Waals surface area (Å²) in [6, 6.07) is 1.90. The molecule has 0 fully saturated rings. The van der Waals surface area contributed by atoms with Crippen molar-refractivity contribution in [3.63, 3.8) is 0 Å². The van der Waals surface area contributed by atoms with Gasteiger partial charge in [0, 0.05) is 11.8 Å². The number of hydrogen-bond donors (Lipinski definition) is 1. The number of nitro groups is 1. The zero-order valence-corrected chi connectivity index (χ0v) is 7.28. The second-order valence-corrected chi connectivity index (χ2v) is 2.71. The lowest BCUT2D eigenvalue weighted by Crippen LogP contribution is -2.04. The van der Waals surface area contributed by atoms with Crippen LogP contribution in [0.2, 0.25) is 0 Å². The van der Waals surface area contributed by atoms with Crippen LogP contribution >= 0.6 is 0 Å². The van der Waals surface area contributed by atoms with Gasteiger partial charge in [-0.3, -0.25) is 14.9 Å². The molecule has 6 heteroatoms. The van der Waals surface area contributed by atoms with Crippen LogP contribution in [0.4, 0.5) is 15.8 Å². The summed E-state index contributed by atoms with van der Waals surface area (Å²) in [6.07, 6.45) is 0. The number of carbonyl (C=O) groups excluding carboxylic acids is 1. The zero-order chi connectivity index (χ0) is 10.9. The Balaban J connectivity index is 3.52. The van der Waals surface area contributed by atoms with Crippen LogP contribution in [0.15, 0.2) is 12.1 Å². The molecular weight excluding hydrogens is 191 g/mol. The fourth-order valence-electron chi connectivity index (χ4n) is 1.07. The van der Waals surface area contributed by atoms with Crippen LogP contribution in [0.1, 0.15) is 17.3 Å². The van der Waals surface area contributed by atoms with Crippen LogP contribution in [-0.4, -0.2) is 10.7 Å². The van der Waals surface area contributed by atoms with Gasteiger partial charge in [-0.2, -0.15) is 4.39 Å². The lowest BCUT2D eigenvalue weighted by Gasteiger charge is -2.01. The number of nitrogen functional groups attached to an aromatic ring is 1. The van der Waals surface area contributed by atoms with Crippen LogP contribution in [0.25, 0.3) is 0 Å². The van der Waals surface area contributed by atoms with E-state index in [1.807, 2.05) is 0 Å². The van der Waals surface area contributed by atoms with E-state index in [4.69, 9.17) is 5.73 Å². The fraction of sp³-hybridized carbons (Fsp3) is 0.125. The first-order valence-electron chi connectivity index (χ1n) is 3.68. The fourth-order valence-corrected chi connectivity index (χ4v) is 1.07. The van der Waals surface area contributed by atoms with Gasteiger partial charge in [0.15, 0.2) is 5.78 Å². The number of carbonyl (C=O) groups is 1. The highest BCUT2D eigenvalue weighted by Gasteiger charge is 2.23. The maximum Gasteiger partial charge on any atom is 0.315 e. The minimum atomic E-state index is -1.10. The number of benzene rings is 1. The van der Waals surface area contributed by atoms with Crippen molar-refractivity contribution in [2.24, 2.45) is 0 Å². The summed E-state index contributed by atoms with van der Waals surface area (Å²) in [7, 11) is 0. The molecule has 2 N–H and O–H groups in total. The van der Waals surface area contributed by atoms with E-state index in [0.29, 0.717) is 0 Å². The Morgan fingerprint density at radius 2 is 2.14 bits per heavy atom. The van der Waals surface area contributed by atoms with Gasteiger partial charge in [-0.15, -0.1) is 0 Å². The van der Waals surface area contributed by atoms with Gasteiger partial charge in [0.25, 0.3) is 0 Å². The van der Waals surface area contributed by atoms with Gasteiger partial charge in [-0.05, 0) is 13.0 Å². The lowest BCUT2D eigenvalue weighted by atomic mass is 10.1. The third-order valence-corrected chi connectivity index (χ3v) is 1.65. The number of hydrogen-bond acceptors (Lipinski definition) is 4. The molecule has 1 rings (SSSR count). The van der Waals surface area contributed by atoms with Crippen molar-refractivity contribution in [3.05, 3.63) is 33.6 Å². The van der Waals surface area contributed by atoms with Crippen molar-refractivity contribution in [2.75, 3.05) is 5.73 Å². The average Bonchev–Trinajstić information content (AvgIpc) is 2.01. The largest absolute Gasteiger partial charge is 0.399 e. The summed E-state index contributed by atoms with van der Waals surface area (Å²) in [5, 5.41) is 10.4.